The minimum Gasteiger partial charge on any atom is -0.363 e. The summed E-state index contributed by atoms with van der Waals surface area (Å²) < 4.78 is 0. The number of nitrogens with zero attached hydrogens (tertiary/aromatic N) is 1. The Balaban J connectivity index is 2.02. The van der Waals surface area contributed by atoms with E-state index < -0.39 is 0 Å². The second-order valence-corrected chi connectivity index (χ2v) is 5.00. The molecule has 1 aromatic heterocycles. The topological polar surface area (TPSA) is 74.2 Å². The molecule has 1 aliphatic heterocycles. The van der Waals surface area contributed by atoms with E-state index in [1.54, 1.807) is 4.90 Å². The van der Waals surface area contributed by atoms with Gasteiger partial charge in [-0.3, -0.25) is 0 Å². The lowest BCUT2D eigenvalue weighted by Gasteiger charge is -2.25. The minimum absolute atomic E-state index is 0.0434. The Morgan fingerprint density at radius 2 is 2.38 bits per heavy atom. The van der Waals surface area contributed by atoms with Crippen molar-refractivity contribution in [2.45, 2.75) is 25.4 Å². The highest BCUT2D eigenvalue weighted by molar-refractivity contribution is 5.77. The lowest BCUT2D eigenvalue weighted by Crippen LogP contribution is -2.46. The highest BCUT2D eigenvalue weighted by atomic mass is 16.2. The van der Waals surface area contributed by atoms with Gasteiger partial charge in [-0.05, 0) is 26.0 Å². The molecular weight excluding hydrogens is 204 g/mol. The van der Waals surface area contributed by atoms with Gasteiger partial charge in [-0.25, -0.2) is 4.79 Å². The van der Waals surface area contributed by atoms with Crippen LogP contribution in [0, 0.1) is 0 Å². The molecule has 0 aliphatic carbocycles. The number of amides is 2. The first-order chi connectivity index (χ1) is 7.46. The van der Waals surface area contributed by atoms with Gasteiger partial charge in [-0.15, -0.1) is 0 Å². The fourth-order valence-electron chi connectivity index (χ4n) is 1.95. The Labute approximate surface area is 95.0 Å². The van der Waals surface area contributed by atoms with Gasteiger partial charge < -0.3 is 20.9 Å². The van der Waals surface area contributed by atoms with Gasteiger partial charge >= 0.3 is 6.03 Å². The maximum absolute atomic E-state index is 11.7. The van der Waals surface area contributed by atoms with Crippen LogP contribution in [0.5, 0.6) is 0 Å². The van der Waals surface area contributed by atoms with E-state index in [-0.39, 0.29) is 17.6 Å². The van der Waals surface area contributed by atoms with E-state index >= 15 is 0 Å². The van der Waals surface area contributed by atoms with Crippen molar-refractivity contribution in [2.75, 3.05) is 13.1 Å². The van der Waals surface area contributed by atoms with Gasteiger partial charge in [0.15, 0.2) is 0 Å². The van der Waals surface area contributed by atoms with Crippen molar-refractivity contribution in [1.29, 1.82) is 0 Å². The number of nitrogens with two attached hydrogens (primary N) is 1. The third-order valence-corrected chi connectivity index (χ3v) is 2.58. The first-order valence-electron chi connectivity index (χ1n) is 5.43. The Morgan fingerprint density at radius 3 is 2.94 bits per heavy atom. The van der Waals surface area contributed by atoms with Gasteiger partial charge in [0, 0.05) is 30.5 Å². The van der Waals surface area contributed by atoms with Gasteiger partial charge in [0.05, 0.1) is 6.04 Å². The molecule has 2 amide bonds. The second kappa shape index (κ2) is 3.83. The first-order valence-corrected chi connectivity index (χ1v) is 5.43. The smallest absolute Gasteiger partial charge is 0.318 e. The molecule has 0 bridgehead atoms. The fourth-order valence-corrected chi connectivity index (χ4v) is 1.95. The second-order valence-electron chi connectivity index (χ2n) is 5.00. The summed E-state index contributed by atoms with van der Waals surface area (Å²) in [5.74, 6) is 0. The predicted molar refractivity (Wildman–Crippen MR) is 61.9 cm³/mol. The molecule has 4 N–H and O–H groups in total. The molecule has 16 heavy (non-hydrogen) atoms. The number of carbonyl (C=O) groups excluding carboxylic acids is 1. The molecule has 5 heteroatoms. The summed E-state index contributed by atoms with van der Waals surface area (Å²) in [4.78, 5) is 16.6. The number of rotatable bonds is 3. The molecule has 0 spiro atoms. The standard InChI is InChI=1S/C11H18N4O/c1-11(2,12)7-15-6-9(14-10(15)16)8-4-3-5-13-8/h3-5,9,13H,6-7,12H2,1-2H3,(H,14,16). The molecule has 88 valence electrons. The van der Waals surface area contributed by atoms with Crippen LogP contribution >= 0.6 is 0 Å². The van der Waals surface area contributed by atoms with Crippen molar-refractivity contribution >= 4 is 6.03 Å². The summed E-state index contributed by atoms with van der Waals surface area (Å²) in [6.07, 6.45) is 1.86. The molecule has 1 unspecified atom stereocenters. The summed E-state index contributed by atoms with van der Waals surface area (Å²) in [7, 11) is 0. The molecule has 2 heterocycles. The van der Waals surface area contributed by atoms with Gasteiger partial charge in [-0.1, -0.05) is 0 Å². The van der Waals surface area contributed by atoms with Crippen LogP contribution in [0.4, 0.5) is 4.79 Å². The zero-order valence-electron chi connectivity index (χ0n) is 9.66. The van der Waals surface area contributed by atoms with E-state index in [4.69, 9.17) is 5.73 Å². The summed E-state index contributed by atoms with van der Waals surface area (Å²) in [5, 5.41) is 2.93. The maximum atomic E-state index is 11.7. The highest BCUT2D eigenvalue weighted by Gasteiger charge is 2.32. The largest absolute Gasteiger partial charge is 0.363 e. The first kappa shape index (κ1) is 11.0. The summed E-state index contributed by atoms with van der Waals surface area (Å²) >= 11 is 0. The van der Waals surface area contributed by atoms with Gasteiger partial charge in [0.1, 0.15) is 0 Å². The number of aromatic amines is 1. The zero-order valence-corrected chi connectivity index (χ0v) is 9.66. The van der Waals surface area contributed by atoms with Crippen LogP contribution in [0.3, 0.4) is 0 Å². The zero-order chi connectivity index (χ0) is 11.8. The molecule has 1 aliphatic rings. The number of hydrogen-bond donors (Lipinski definition) is 3. The van der Waals surface area contributed by atoms with Crippen LogP contribution < -0.4 is 11.1 Å². The lowest BCUT2D eigenvalue weighted by molar-refractivity contribution is 0.207. The molecule has 0 aromatic carbocycles. The van der Waals surface area contributed by atoms with Crippen LogP contribution in [-0.4, -0.2) is 34.5 Å². The van der Waals surface area contributed by atoms with E-state index in [1.165, 1.54) is 0 Å². The summed E-state index contributed by atoms with van der Waals surface area (Å²) in [5.41, 5.74) is 6.59. The van der Waals surface area contributed by atoms with Crippen LogP contribution in [0.15, 0.2) is 18.3 Å². The molecule has 0 saturated carbocycles. The summed E-state index contributed by atoms with van der Waals surface area (Å²) in [6.45, 7) is 5.07. The Hall–Kier alpha value is -1.49. The van der Waals surface area contributed by atoms with Gasteiger partial charge in [0.2, 0.25) is 0 Å². The fraction of sp³-hybridized carbons (Fsp3) is 0.545. The van der Waals surface area contributed by atoms with Crippen molar-refractivity contribution in [3.63, 3.8) is 0 Å². The van der Waals surface area contributed by atoms with Crippen LogP contribution in [0.1, 0.15) is 25.6 Å². The third kappa shape index (κ3) is 2.36. The van der Waals surface area contributed by atoms with Crippen molar-refractivity contribution < 1.29 is 4.79 Å². The molecule has 0 radical (unpaired) electrons. The van der Waals surface area contributed by atoms with E-state index in [1.807, 2.05) is 32.2 Å². The van der Waals surface area contributed by atoms with E-state index in [0.717, 1.165) is 5.69 Å². The molecule has 1 saturated heterocycles. The predicted octanol–water partition coefficient (Wildman–Crippen LogP) is 0.818. The van der Waals surface area contributed by atoms with Gasteiger partial charge in [-0.2, -0.15) is 0 Å². The van der Waals surface area contributed by atoms with Crippen molar-refractivity contribution in [3.05, 3.63) is 24.0 Å². The summed E-state index contributed by atoms with van der Waals surface area (Å²) in [6, 6.07) is 3.90. The van der Waals surface area contributed by atoms with Crippen molar-refractivity contribution in [1.82, 2.24) is 15.2 Å². The molecule has 1 fully saturated rings. The molecule has 1 aromatic rings. The van der Waals surface area contributed by atoms with E-state index in [2.05, 4.69) is 10.3 Å². The van der Waals surface area contributed by atoms with E-state index in [0.29, 0.717) is 13.1 Å². The highest BCUT2D eigenvalue weighted by Crippen LogP contribution is 2.19. The third-order valence-electron chi connectivity index (χ3n) is 2.58. The SMILES string of the molecule is CC(C)(N)CN1CC(c2ccc[nH]2)NC1=O. The maximum Gasteiger partial charge on any atom is 0.318 e. The molecule has 5 nitrogen and oxygen atoms in total. The van der Waals surface area contributed by atoms with E-state index in [9.17, 15) is 4.79 Å². The Morgan fingerprint density at radius 1 is 1.62 bits per heavy atom. The monoisotopic (exact) mass is 222 g/mol. The normalized spacial score (nSPS) is 21.3. The average Bonchev–Trinajstić information content (AvgIpc) is 2.73. The number of aromatic nitrogens is 1. The average molecular weight is 222 g/mol. The number of carbonyl (C=O) groups is 1. The van der Waals surface area contributed by atoms with Crippen LogP contribution in [-0.2, 0) is 0 Å². The number of H-pyrrole nitrogens is 1. The lowest BCUT2D eigenvalue weighted by atomic mass is 10.1. The van der Waals surface area contributed by atoms with Crippen LogP contribution in [0.25, 0.3) is 0 Å². The minimum atomic E-state index is -0.359. The number of nitrogens with one attached hydrogen (secondary N) is 2. The Bertz CT molecular complexity index is 366. The number of hydrogen-bond acceptors (Lipinski definition) is 2. The van der Waals surface area contributed by atoms with Crippen LogP contribution in [0.2, 0.25) is 0 Å². The number of urea groups is 1. The molecular formula is C11H18N4O. The van der Waals surface area contributed by atoms with Crippen molar-refractivity contribution in [3.8, 4) is 0 Å². The Kier molecular flexibility index (Phi) is 2.63. The molecule has 1 atom stereocenters. The molecule has 2 rings (SSSR count). The van der Waals surface area contributed by atoms with Crippen molar-refractivity contribution in [2.24, 2.45) is 5.73 Å². The quantitative estimate of drug-likeness (QED) is 0.708. The van der Waals surface area contributed by atoms with Gasteiger partial charge in [0.25, 0.3) is 0 Å².